The van der Waals surface area contributed by atoms with Gasteiger partial charge in [-0.3, -0.25) is 0 Å². The molecule has 0 aliphatic carbocycles. The second-order valence-corrected chi connectivity index (χ2v) is 2.83. The summed E-state index contributed by atoms with van der Waals surface area (Å²) in [5.41, 5.74) is 0. The summed E-state index contributed by atoms with van der Waals surface area (Å²) in [5.74, 6) is 11.3. The van der Waals surface area contributed by atoms with Crippen LogP contribution in [0.15, 0.2) is 25.3 Å². The molecule has 0 atom stereocenters. The maximum absolute atomic E-state index is 5.16. The van der Waals surface area contributed by atoms with Crippen molar-refractivity contribution < 1.29 is 9.47 Å². The second kappa shape index (κ2) is 13.5. The van der Waals surface area contributed by atoms with Crippen molar-refractivity contribution in [2.45, 2.75) is 12.8 Å². The summed E-state index contributed by atoms with van der Waals surface area (Å²) in [6.07, 6.45) is 4.85. The molecular weight excluding hydrogens is 200 g/mol. The van der Waals surface area contributed by atoms with Crippen LogP contribution in [0, 0.1) is 23.7 Å². The summed E-state index contributed by atoms with van der Waals surface area (Å²) in [6, 6.07) is 0. The fraction of sp³-hybridized carbons (Fsp3) is 0.429. The first-order valence-corrected chi connectivity index (χ1v) is 5.24. The van der Waals surface area contributed by atoms with E-state index in [9.17, 15) is 0 Å². The summed E-state index contributed by atoms with van der Waals surface area (Å²) < 4.78 is 10.3. The molecule has 0 saturated heterocycles. The first-order chi connectivity index (χ1) is 7.91. The minimum absolute atomic E-state index is 0.577. The molecule has 0 unspecified atom stereocenters. The molecule has 0 saturated carbocycles. The van der Waals surface area contributed by atoms with Crippen molar-refractivity contribution in [2.75, 3.05) is 26.4 Å². The van der Waals surface area contributed by atoms with Gasteiger partial charge in [0.05, 0.1) is 26.4 Å². The Hall–Kier alpha value is -1.48. The maximum atomic E-state index is 5.16. The van der Waals surface area contributed by atoms with Crippen molar-refractivity contribution in [3.8, 4) is 23.7 Å². The quantitative estimate of drug-likeness (QED) is 0.353. The topological polar surface area (TPSA) is 18.5 Å². The molecule has 0 spiro atoms. The number of ether oxygens (including phenoxy) is 2. The lowest BCUT2D eigenvalue weighted by Crippen LogP contribution is -1.92. The van der Waals surface area contributed by atoms with Gasteiger partial charge in [0.25, 0.3) is 0 Å². The van der Waals surface area contributed by atoms with E-state index in [-0.39, 0.29) is 0 Å². The average Bonchev–Trinajstić information content (AvgIpc) is 2.31. The number of hydrogen-bond donors (Lipinski definition) is 0. The predicted molar refractivity (Wildman–Crippen MR) is 66.8 cm³/mol. The van der Waals surface area contributed by atoms with Crippen LogP contribution in [0.3, 0.4) is 0 Å². The highest BCUT2D eigenvalue weighted by Gasteiger charge is 1.80. The molecule has 0 heterocycles. The van der Waals surface area contributed by atoms with E-state index in [1.807, 2.05) is 0 Å². The van der Waals surface area contributed by atoms with E-state index in [0.29, 0.717) is 39.3 Å². The third-order valence-corrected chi connectivity index (χ3v) is 1.45. The van der Waals surface area contributed by atoms with Gasteiger partial charge in [-0.1, -0.05) is 24.0 Å². The smallest absolute Gasteiger partial charge is 0.0645 e. The molecule has 0 aromatic heterocycles. The Morgan fingerprint density at radius 1 is 0.812 bits per heavy atom. The zero-order valence-electron chi connectivity index (χ0n) is 9.63. The van der Waals surface area contributed by atoms with Crippen LogP contribution in [-0.2, 0) is 9.47 Å². The van der Waals surface area contributed by atoms with Crippen LogP contribution in [0.1, 0.15) is 12.8 Å². The van der Waals surface area contributed by atoms with Crippen LogP contribution in [0.2, 0.25) is 0 Å². The van der Waals surface area contributed by atoms with Gasteiger partial charge in [0.2, 0.25) is 0 Å². The molecule has 0 fully saturated rings. The first kappa shape index (κ1) is 14.5. The van der Waals surface area contributed by atoms with Gasteiger partial charge < -0.3 is 9.47 Å². The zero-order valence-corrected chi connectivity index (χ0v) is 9.63. The molecule has 0 aromatic rings. The minimum Gasteiger partial charge on any atom is -0.376 e. The minimum atomic E-state index is 0.577. The fourth-order valence-corrected chi connectivity index (χ4v) is 0.793. The van der Waals surface area contributed by atoms with Crippen LogP contribution >= 0.6 is 0 Å². The lowest BCUT2D eigenvalue weighted by atomic mass is 10.4. The third-order valence-electron chi connectivity index (χ3n) is 1.45. The highest BCUT2D eigenvalue weighted by atomic mass is 16.5. The van der Waals surface area contributed by atoms with Gasteiger partial charge in [-0.15, -0.1) is 13.2 Å². The molecule has 2 heteroatoms. The zero-order chi connectivity index (χ0) is 11.9. The van der Waals surface area contributed by atoms with Crippen LogP contribution in [0.5, 0.6) is 0 Å². The molecule has 0 amide bonds. The molecule has 0 rings (SSSR count). The maximum Gasteiger partial charge on any atom is 0.0645 e. The van der Waals surface area contributed by atoms with Gasteiger partial charge in [-0.25, -0.2) is 0 Å². The van der Waals surface area contributed by atoms with Gasteiger partial charge in [0.15, 0.2) is 0 Å². The Labute approximate surface area is 98.3 Å². The molecule has 0 aliphatic rings. The number of hydrogen-bond acceptors (Lipinski definition) is 2. The molecule has 16 heavy (non-hydrogen) atoms. The summed E-state index contributed by atoms with van der Waals surface area (Å²) >= 11 is 0. The fourth-order valence-electron chi connectivity index (χ4n) is 0.793. The molecule has 0 aromatic carbocycles. The van der Waals surface area contributed by atoms with Crippen molar-refractivity contribution >= 4 is 0 Å². The summed E-state index contributed by atoms with van der Waals surface area (Å²) in [6.45, 7) is 9.51. The monoisotopic (exact) mass is 218 g/mol. The molecule has 0 bridgehead atoms. The van der Waals surface area contributed by atoms with Crippen LogP contribution in [-0.4, -0.2) is 26.4 Å². The highest BCUT2D eigenvalue weighted by Crippen LogP contribution is 1.81. The molecule has 86 valence electrons. The van der Waals surface area contributed by atoms with E-state index in [4.69, 9.17) is 9.47 Å². The Balaban J connectivity index is 3.33. The first-order valence-electron chi connectivity index (χ1n) is 5.24. The van der Waals surface area contributed by atoms with Gasteiger partial charge in [-0.05, 0) is 11.8 Å². The van der Waals surface area contributed by atoms with Gasteiger partial charge in [-0.2, -0.15) is 0 Å². The molecule has 0 radical (unpaired) electrons. The normalized spacial score (nSPS) is 8.25. The summed E-state index contributed by atoms with van der Waals surface area (Å²) in [4.78, 5) is 0. The van der Waals surface area contributed by atoms with E-state index in [1.165, 1.54) is 0 Å². The van der Waals surface area contributed by atoms with E-state index in [0.717, 1.165) is 0 Å². The van der Waals surface area contributed by atoms with Gasteiger partial charge in [0, 0.05) is 12.8 Å². The molecule has 0 aliphatic heterocycles. The van der Waals surface area contributed by atoms with E-state index in [2.05, 4.69) is 36.8 Å². The second-order valence-electron chi connectivity index (χ2n) is 2.83. The summed E-state index contributed by atoms with van der Waals surface area (Å²) in [5, 5.41) is 0. The SMILES string of the molecule is C=CCOCCC#CC#CCCOCC=C. The van der Waals surface area contributed by atoms with Crippen molar-refractivity contribution in [3.05, 3.63) is 25.3 Å². The van der Waals surface area contributed by atoms with Crippen LogP contribution in [0.4, 0.5) is 0 Å². The average molecular weight is 218 g/mol. The van der Waals surface area contributed by atoms with E-state index >= 15 is 0 Å². The third kappa shape index (κ3) is 12.5. The molecule has 0 N–H and O–H groups in total. The van der Waals surface area contributed by atoms with Crippen molar-refractivity contribution in [1.29, 1.82) is 0 Å². The molecule has 2 nitrogen and oxygen atoms in total. The lowest BCUT2D eigenvalue weighted by molar-refractivity contribution is 0.169. The largest absolute Gasteiger partial charge is 0.376 e. The van der Waals surface area contributed by atoms with Crippen molar-refractivity contribution in [2.24, 2.45) is 0 Å². The Morgan fingerprint density at radius 2 is 1.25 bits per heavy atom. The van der Waals surface area contributed by atoms with Crippen molar-refractivity contribution in [1.82, 2.24) is 0 Å². The Morgan fingerprint density at radius 3 is 1.62 bits per heavy atom. The van der Waals surface area contributed by atoms with E-state index in [1.54, 1.807) is 12.2 Å². The predicted octanol–water partition coefficient (Wildman–Crippen LogP) is 2.18. The molecular formula is C14H18O2. The van der Waals surface area contributed by atoms with Crippen molar-refractivity contribution in [3.63, 3.8) is 0 Å². The summed E-state index contributed by atoms with van der Waals surface area (Å²) in [7, 11) is 0. The lowest BCUT2D eigenvalue weighted by Gasteiger charge is -1.93. The van der Waals surface area contributed by atoms with E-state index < -0.39 is 0 Å². The Kier molecular flexibility index (Phi) is 12.3. The highest BCUT2D eigenvalue weighted by molar-refractivity contribution is 5.25. The standard InChI is InChI=1S/C14H18O2/c1-3-11-15-13-9-7-5-6-8-10-14-16-12-4-2/h3-4H,1-2,9-14H2. The van der Waals surface area contributed by atoms with Gasteiger partial charge in [0.1, 0.15) is 0 Å². The van der Waals surface area contributed by atoms with Crippen LogP contribution < -0.4 is 0 Å². The van der Waals surface area contributed by atoms with Crippen LogP contribution in [0.25, 0.3) is 0 Å². The van der Waals surface area contributed by atoms with Gasteiger partial charge >= 0.3 is 0 Å². The number of rotatable bonds is 8. The Bertz CT molecular complexity index is 264.